The number of carbonyl (C=O) groups excluding carboxylic acids is 1. The van der Waals surface area contributed by atoms with Crippen molar-refractivity contribution >= 4 is 34.7 Å². The zero-order valence-electron chi connectivity index (χ0n) is 15.0. The predicted octanol–water partition coefficient (Wildman–Crippen LogP) is 3.66. The fourth-order valence-electron chi connectivity index (χ4n) is 2.71. The fourth-order valence-corrected chi connectivity index (χ4v) is 3.85. The third-order valence-corrected chi connectivity index (χ3v) is 5.19. The molecule has 1 amide bonds. The van der Waals surface area contributed by atoms with Crippen LogP contribution in [0.2, 0.25) is 0 Å². The van der Waals surface area contributed by atoms with E-state index in [2.05, 4.69) is 16.8 Å². The summed E-state index contributed by atoms with van der Waals surface area (Å²) in [5, 5.41) is 19.3. The molecule has 1 saturated heterocycles. The second kappa shape index (κ2) is 9.09. The number of nitro benzene ring substituents is 1. The van der Waals surface area contributed by atoms with E-state index in [1.807, 2.05) is 30.3 Å². The Labute approximate surface area is 166 Å². The van der Waals surface area contributed by atoms with Crippen LogP contribution in [-0.2, 0) is 11.2 Å². The Morgan fingerprint density at radius 3 is 2.71 bits per heavy atom. The SMILES string of the molecule is C=CCN1C(=O)[C@@H](Cc2cccc([N+](=O)[O-])c2)S/C1=N/N=C\c1ccccc1. The number of amidine groups is 1. The van der Waals surface area contributed by atoms with Crippen LogP contribution in [0.1, 0.15) is 11.1 Å². The molecule has 0 radical (unpaired) electrons. The first-order valence-electron chi connectivity index (χ1n) is 8.57. The summed E-state index contributed by atoms with van der Waals surface area (Å²) in [6.45, 7) is 4.02. The van der Waals surface area contributed by atoms with Crippen molar-refractivity contribution in [3.63, 3.8) is 0 Å². The van der Waals surface area contributed by atoms with Crippen molar-refractivity contribution < 1.29 is 9.72 Å². The lowest BCUT2D eigenvalue weighted by atomic mass is 10.1. The average molecular weight is 394 g/mol. The van der Waals surface area contributed by atoms with Crippen molar-refractivity contribution in [1.29, 1.82) is 0 Å². The average Bonchev–Trinajstić information content (AvgIpc) is 2.98. The van der Waals surface area contributed by atoms with Crippen LogP contribution >= 0.6 is 11.8 Å². The molecule has 3 rings (SSSR count). The highest BCUT2D eigenvalue weighted by Gasteiger charge is 2.37. The van der Waals surface area contributed by atoms with Gasteiger partial charge in [0, 0.05) is 18.7 Å². The monoisotopic (exact) mass is 394 g/mol. The molecule has 0 spiro atoms. The second-order valence-electron chi connectivity index (χ2n) is 6.01. The van der Waals surface area contributed by atoms with Gasteiger partial charge in [0.25, 0.3) is 5.69 Å². The van der Waals surface area contributed by atoms with Gasteiger partial charge in [-0.3, -0.25) is 19.8 Å². The first kappa shape index (κ1) is 19.5. The van der Waals surface area contributed by atoms with E-state index in [-0.39, 0.29) is 11.6 Å². The third kappa shape index (κ3) is 4.72. The van der Waals surface area contributed by atoms with Gasteiger partial charge in [-0.15, -0.1) is 11.7 Å². The standard InChI is InChI=1S/C20H18N4O3S/c1-2-11-23-19(25)18(13-16-9-6-10-17(12-16)24(26)27)28-20(23)22-21-14-15-7-4-3-5-8-15/h2-10,12,14,18H,1,11,13H2/b21-14-,22-20+/t18-/m1/s1. The summed E-state index contributed by atoms with van der Waals surface area (Å²) < 4.78 is 0. The minimum Gasteiger partial charge on any atom is -0.285 e. The van der Waals surface area contributed by atoms with Gasteiger partial charge in [0.05, 0.1) is 16.4 Å². The summed E-state index contributed by atoms with van der Waals surface area (Å²) in [6, 6.07) is 15.9. The summed E-state index contributed by atoms with van der Waals surface area (Å²) in [5.74, 6) is -0.106. The van der Waals surface area contributed by atoms with Gasteiger partial charge in [0.1, 0.15) is 0 Å². The van der Waals surface area contributed by atoms with Crippen LogP contribution in [-0.4, -0.2) is 38.9 Å². The molecule has 28 heavy (non-hydrogen) atoms. The lowest BCUT2D eigenvalue weighted by molar-refractivity contribution is -0.384. The molecule has 1 atom stereocenters. The van der Waals surface area contributed by atoms with Crippen LogP contribution < -0.4 is 0 Å². The van der Waals surface area contributed by atoms with Gasteiger partial charge in [-0.1, -0.05) is 60.3 Å². The summed E-state index contributed by atoms with van der Waals surface area (Å²) in [5.41, 5.74) is 1.65. The second-order valence-corrected chi connectivity index (χ2v) is 7.18. The molecule has 0 aromatic heterocycles. The molecule has 0 N–H and O–H groups in total. The van der Waals surface area contributed by atoms with Gasteiger partial charge >= 0.3 is 0 Å². The van der Waals surface area contributed by atoms with Crippen LogP contribution in [0.15, 0.2) is 77.5 Å². The molecule has 142 valence electrons. The Morgan fingerprint density at radius 2 is 2.00 bits per heavy atom. The van der Waals surface area contributed by atoms with Crippen molar-refractivity contribution in [3.05, 3.63) is 88.5 Å². The molecule has 0 saturated carbocycles. The van der Waals surface area contributed by atoms with E-state index in [0.29, 0.717) is 18.1 Å². The number of benzene rings is 2. The first-order chi connectivity index (χ1) is 13.6. The molecule has 1 fully saturated rings. The number of non-ortho nitro benzene ring substituents is 1. The molecule has 0 bridgehead atoms. The summed E-state index contributed by atoms with van der Waals surface area (Å²) in [4.78, 5) is 24.8. The summed E-state index contributed by atoms with van der Waals surface area (Å²) in [7, 11) is 0. The lowest BCUT2D eigenvalue weighted by Crippen LogP contribution is -2.32. The zero-order valence-corrected chi connectivity index (χ0v) is 15.8. The Balaban J connectivity index is 1.77. The van der Waals surface area contributed by atoms with E-state index in [1.54, 1.807) is 24.4 Å². The largest absolute Gasteiger partial charge is 0.285 e. The van der Waals surface area contributed by atoms with E-state index in [4.69, 9.17) is 0 Å². The molecule has 0 unspecified atom stereocenters. The number of nitrogens with zero attached hydrogens (tertiary/aromatic N) is 4. The maximum absolute atomic E-state index is 12.8. The molecule has 1 aliphatic heterocycles. The maximum Gasteiger partial charge on any atom is 0.269 e. The van der Waals surface area contributed by atoms with Crippen LogP contribution in [0.4, 0.5) is 5.69 Å². The molecule has 7 nitrogen and oxygen atoms in total. The summed E-state index contributed by atoms with van der Waals surface area (Å²) in [6.07, 6.45) is 3.63. The van der Waals surface area contributed by atoms with E-state index >= 15 is 0 Å². The highest BCUT2D eigenvalue weighted by molar-refractivity contribution is 8.15. The van der Waals surface area contributed by atoms with Crippen LogP contribution in [0.25, 0.3) is 0 Å². The highest BCUT2D eigenvalue weighted by atomic mass is 32.2. The first-order valence-corrected chi connectivity index (χ1v) is 9.45. The van der Waals surface area contributed by atoms with Crippen molar-refractivity contribution in [2.45, 2.75) is 11.7 Å². The third-order valence-electron chi connectivity index (χ3n) is 4.02. The van der Waals surface area contributed by atoms with E-state index < -0.39 is 10.2 Å². The smallest absolute Gasteiger partial charge is 0.269 e. The molecule has 2 aromatic carbocycles. The molecule has 0 aliphatic carbocycles. The molecule has 2 aromatic rings. The predicted molar refractivity (Wildman–Crippen MR) is 112 cm³/mol. The van der Waals surface area contributed by atoms with Gasteiger partial charge < -0.3 is 0 Å². The normalized spacial score (nSPS) is 18.1. The Kier molecular flexibility index (Phi) is 6.33. The number of thioether (sulfide) groups is 1. The number of hydrogen-bond acceptors (Lipinski definition) is 6. The number of rotatable bonds is 7. The van der Waals surface area contributed by atoms with Crippen molar-refractivity contribution in [1.82, 2.24) is 4.90 Å². The van der Waals surface area contributed by atoms with Crippen LogP contribution in [0.3, 0.4) is 0 Å². The Hall–Kier alpha value is -3.26. The zero-order chi connectivity index (χ0) is 19.9. The number of nitro groups is 1. The lowest BCUT2D eigenvalue weighted by Gasteiger charge is -2.12. The number of carbonyl (C=O) groups is 1. The van der Waals surface area contributed by atoms with Gasteiger partial charge in [-0.25, -0.2) is 0 Å². The molecule has 8 heteroatoms. The minimum absolute atomic E-state index is 0.0113. The summed E-state index contributed by atoms with van der Waals surface area (Å²) >= 11 is 1.31. The van der Waals surface area contributed by atoms with Crippen molar-refractivity contribution in [3.8, 4) is 0 Å². The molecule has 1 heterocycles. The van der Waals surface area contributed by atoms with Crippen molar-refractivity contribution in [2.24, 2.45) is 10.2 Å². The minimum atomic E-state index is -0.442. The topological polar surface area (TPSA) is 88.2 Å². The molecular formula is C20H18N4O3S. The molecular weight excluding hydrogens is 376 g/mol. The number of hydrogen-bond donors (Lipinski definition) is 0. The van der Waals surface area contributed by atoms with E-state index in [9.17, 15) is 14.9 Å². The van der Waals surface area contributed by atoms with E-state index in [1.165, 1.54) is 28.8 Å². The van der Waals surface area contributed by atoms with Crippen molar-refractivity contribution in [2.75, 3.05) is 6.54 Å². The number of amides is 1. The van der Waals surface area contributed by atoms with Gasteiger partial charge in [-0.2, -0.15) is 5.10 Å². The van der Waals surface area contributed by atoms with Gasteiger partial charge in [-0.05, 0) is 17.5 Å². The maximum atomic E-state index is 12.8. The van der Waals surface area contributed by atoms with Gasteiger partial charge in [0.2, 0.25) is 5.91 Å². The Morgan fingerprint density at radius 1 is 1.21 bits per heavy atom. The highest BCUT2D eigenvalue weighted by Crippen LogP contribution is 2.30. The fraction of sp³-hybridized carbons (Fsp3) is 0.150. The quantitative estimate of drug-likeness (QED) is 0.310. The van der Waals surface area contributed by atoms with Crippen LogP contribution in [0.5, 0.6) is 0 Å². The van der Waals surface area contributed by atoms with Gasteiger partial charge in [0.15, 0.2) is 5.17 Å². The van der Waals surface area contributed by atoms with Crippen LogP contribution in [0, 0.1) is 10.1 Å². The van der Waals surface area contributed by atoms with E-state index in [0.717, 1.165) is 11.1 Å². The molecule has 1 aliphatic rings. The Bertz CT molecular complexity index is 943.